The van der Waals surface area contributed by atoms with Crippen molar-refractivity contribution in [2.24, 2.45) is 0 Å². The van der Waals surface area contributed by atoms with Gasteiger partial charge in [-0.05, 0) is 61.8 Å². The summed E-state index contributed by atoms with van der Waals surface area (Å²) in [6.45, 7) is 3.25. The molecule has 0 saturated heterocycles. The molecule has 1 N–H and O–H groups in total. The monoisotopic (exact) mass is 305 g/mol. The zero-order valence-electron chi connectivity index (χ0n) is 13.7. The molecule has 0 saturated carbocycles. The molecule has 22 heavy (non-hydrogen) atoms. The van der Waals surface area contributed by atoms with Crippen molar-refractivity contribution in [3.05, 3.63) is 29.3 Å². The lowest BCUT2D eigenvalue weighted by molar-refractivity contribution is -0.128. The number of fused-ring (bicyclic) bond motifs is 1. The minimum Gasteiger partial charge on any atom is -0.481 e. The largest absolute Gasteiger partial charge is 0.481 e. The number of carbonyl (C=O) groups excluding carboxylic acids is 1. The first-order valence-electron chi connectivity index (χ1n) is 8.29. The molecule has 0 bridgehead atoms. The van der Waals surface area contributed by atoms with E-state index in [2.05, 4.69) is 17.4 Å². The molecule has 2 rings (SSSR count). The average Bonchev–Trinajstić information content (AvgIpc) is 2.56. The Balaban J connectivity index is 1.90. The number of rotatable bonds is 8. The topological polar surface area (TPSA) is 47.6 Å². The zero-order valence-corrected chi connectivity index (χ0v) is 13.7. The summed E-state index contributed by atoms with van der Waals surface area (Å²) in [6, 6.07) is 6.24. The van der Waals surface area contributed by atoms with Gasteiger partial charge < -0.3 is 14.8 Å². The summed E-state index contributed by atoms with van der Waals surface area (Å²) in [5, 5.41) is 2.91. The first-order chi connectivity index (χ1) is 10.7. The number of amides is 1. The standard InChI is InChI=1S/C18H27NO3/c1-3-17(18(20)19-11-6-12-21-2)22-16-10-9-14-7-4-5-8-15(14)13-16/h9-10,13,17H,3-8,11-12H2,1-2H3,(H,19,20)/t17-/m0/s1. The predicted molar refractivity (Wildman–Crippen MR) is 87.3 cm³/mol. The van der Waals surface area contributed by atoms with E-state index in [1.807, 2.05) is 13.0 Å². The molecule has 0 spiro atoms. The van der Waals surface area contributed by atoms with E-state index in [0.29, 0.717) is 19.6 Å². The van der Waals surface area contributed by atoms with Crippen molar-refractivity contribution >= 4 is 5.91 Å². The average molecular weight is 305 g/mol. The van der Waals surface area contributed by atoms with Crippen molar-refractivity contribution < 1.29 is 14.3 Å². The van der Waals surface area contributed by atoms with E-state index in [4.69, 9.17) is 9.47 Å². The van der Waals surface area contributed by atoms with Gasteiger partial charge in [0.2, 0.25) is 0 Å². The molecule has 1 aromatic carbocycles. The summed E-state index contributed by atoms with van der Waals surface area (Å²) in [7, 11) is 1.66. The fraction of sp³-hybridized carbons (Fsp3) is 0.611. The molecule has 1 aromatic rings. The molecular formula is C18H27NO3. The molecule has 0 aromatic heterocycles. The third-order valence-electron chi connectivity index (χ3n) is 4.09. The smallest absolute Gasteiger partial charge is 0.261 e. The minimum atomic E-state index is -0.427. The summed E-state index contributed by atoms with van der Waals surface area (Å²) >= 11 is 0. The van der Waals surface area contributed by atoms with Gasteiger partial charge in [-0.2, -0.15) is 0 Å². The van der Waals surface area contributed by atoms with E-state index in [-0.39, 0.29) is 5.91 Å². The second kappa shape index (κ2) is 8.79. The number of carbonyl (C=O) groups is 1. The van der Waals surface area contributed by atoms with Crippen LogP contribution in [0, 0.1) is 0 Å². The van der Waals surface area contributed by atoms with Crippen LogP contribution < -0.4 is 10.1 Å². The maximum absolute atomic E-state index is 12.2. The zero-order chi connectivity index (χ0) is 15.8. The Hall–Kier alpha value is -1.55. The Morgan fingerprint density at radius 3 is 2.77 bits per heavy atom. The second-order valence-corrected chi connectivity index (χ2v) is 5.79. The Bertz CT molecular complexity index is 487. The molecule has 0 unspecified atom stereocenters. The van der Waals surface area contributed by atoms with Crippen molar-refractivity contribution in [3.63, 3.8) is 0 Å². The maximum Gasteiger partial charge on any atom is 0.261 e. The van der Waals surface area contributed by atoms with Crippen LogP contribution >= 0.6 is 0 Å². The molecule has 1 atom stereocenters. The Labute approximate surface area is 133 Å². The number of ether oxygens (including phenoxy) is 2. The van der Waals surface area contributed by atoms with E-state index >= 15 is 0 Å². The number of nitrogens with one attached hydrogen (secondary N) is 1. The van der Waals surface area contributed by atoms with Crippen LogP contribution in [0.25, 0.3) is 0 Å². The molecule has 122 valence electrons. The van der Waals surface area contributed by atoms with Gasteiger partial charge in [-0.1, -0.05) is 13.0 Å². The highest BCUT2D eigenvalue weighted by Crippen LogP contribution is 2.26. The van der Waals surface area contributed by atoms with Gasteiger partial charge in [-0.3, -0.25) is 4.79 Å². The fourth-order valence-corrected chi connectivity index (χ4v) is 2.81. The summed E-state index contributed by atoms with van der Waals surface area (Å²) in [5.41, 5.74) is 2.80. The van der Waals surface area contributed by atoms with Crippen LogP contribution in [0.3, 0.4) is 0 Å². The molecule has 1 aliphatic carbocycles. The number of hydrogen-bond donors (Lipinski definition) is 1. The van der Waals surface area contributed by atoms with Crippen LogP contribution in [0.15, 0.2) is 18.2 Å². The van der Waals surface area contributed by atoms with Gasteiger partial charge in [0.1, 0.15) is 5.75 Å². The molecule has 0 radical (unpaired) electrons. The Morgan fingerprint density at radius 1 is 1.27 bits per heavy atom. The number of aryl methyl sites for hydroxylation is 2. The molecule has 4 nitrogen and oxygen atoms in total. The lowest BCUT2D eigenvalue weighted by Crippen LogP contribution is -2.38. The maximum atomic E-state index is 12.2. The van der Waals surface area contributed by atoms with Crippen molar-refractivity contribution in [3.8, 4) is 5.75 Å². The van der Waals surface area contributed by atoms with Gasteiger partial charge in [-0.25, -0.2) is 0 Å². The van der Waals surface area contributed by atoms with Gasteiger partial charge >= 0.3 is 0 Å². The van der Waals surface area contributed by atoms with Gasteiger partial charge in [-0.15, -0.1) is 0 Å². The van der Waals surface area contributed by atoms with E-state index in [1.165, 1.54) is 24.0 Å². The summed E-state index contributed by atoms with van der Waals surface area (Å²) in [4.78, 5) is 12.2. The quantitative estimate of drug-likeness (QED) is 0.751. The SMILES string of the molecule is CC[C@H](Oc1ccc2c(c1)CCCC2)C(=O)NCCCOC. The Kier molecular flexibility index (Phi) is 6.72. The molecular weight excluding hydrogens is 278 g/mol. The highest BCUT2D eigenvalue weighted by Gasteiger charge is 2.18. The number of hydrogen-bond acceptors (Lipinski definition) is 3. The molecule has 4 heteroatoms. The van der Waals surface area contributed by atoms with Crippen molar-refractivity contribution in [1.82, 2.24) is 5.32 Å². The van der Waals surface area contributed by atoms with Gasteiger partial charge in [0, 0.05) is 20.3 Å². The number of methoxy groups -OCH3 is 1. The lowest BCUT2D eigenvalue weighted by Gasteiger charge is -2.20. The van der Waals surface area contributed by atoms with Crippen LogP contribution in [0.2, 0.25) is 0 Å². The Morgan fingerprint density at radius 2 is 2.05 bits per heavy atom. The normalized spacial score (nSPS) is 15.0. The van der Waals surface area contributed by atoms with Gasteiger partial charge in [0.15, 0.2) is 6.10 Å². The van der Waals surface area contributed by atoms with Crippen molar-refractivity contribution in [1.29, 1.82) is 0 Å². The molecule has 0 fully saturated rings. The molecule has 1 aliphatic rings. The van der Waals surface area contributed by atoms with E-state index in [9.17, 15) is 4.79 Å². The van der Waals surface area contributed by atoms with Crippen LogP contribution in [-0.2, 0) is 22.4 Å². The van der Waals surface area contributed by atoms with Crippen LogP contribution in [0.4, 0.5) is 0 Å². The van der Waals surface area contributed by atoms with Crippen molar-refractivity contribution in [2.45, 2.75) is 51.6 Å². The van der Waals surface area contributed by atoms with E-state index < -0.39 is 6.10 Å². The van der Waals surface area contributed by atoms with Crippen LogP contribution in [0.1, 0.15) is 43.7 Å². The van der Waals surface area contributed by atoms with Crippen LogP contribution in [0.5, 0.6) is 5.75 Å². The third kappa shape index (κ3) is 4.73. The summed E-state index contributed by atoms with van der Waals surface area (Å²) in [6.07, 6.45) is 5.84. The molecule has 0 aliphatic heterocycles. The highest BCUT2D eigenvalue weighted by molar-refractivity contribution is 5.81. The third-order valence-corrected chi connectivity index (χ3v) is 4.09. The van der Waals surface area contributed by atoms with Gasteiger partial charge in [0.05, 0.1) is 0 Å². The lowest BCUT2D eigenvalue weighted by atomic mass is 9.92. The first-order valence-corrected chi connectivity index (χ1v) is 8.29. The van der Waals surface area contributed by atoms with E-state index in [0.717, 1.165) is 25.0 Å². The number of benzene rings is 1. The predicted octanol–water partition coefficient (Wildman–Crippen LogP) is 2.88. The summed E-state index contributed by atoms with van der Waals surface area (Å²) < 4.78 is 10.9. The van der Waals surface area contributed by atoms with Crippen molar-refractivity contribution in [2.75, 3.05) is 20.3 Å². The summed E-state index contributed by atoms with van der Waals surface area (Å²) in [5.74, 6) is 0.760. The first kappa shape index (κ1) is 16.8. The second-order valence-electron chi connectivity index (χ2n) is 5.79. The molecule has 1 amide bonds. The van der Waals surface area contributed by atoms with Crippen LogP contribution in [-0.4, -0.2) is 32.3 Å². The van der Waals surface area contributed by atoms with E-state index in [1.54, 1.807) is 7.11 Å². The minimum absolute atomic E-state index is 0.0451. The molecule has 0 heterocycles. The highest BCUT2D eigenvalue weighted by atomic mass is 16.5. The fourth-order valence-electron chi connectivity index (χ4n) is 2.81. The van der Waals surface area contributed by atoms with Gasteiger partial charge in [0.25, 0.3) is 5.91 Å².